The van der Waals surface area contributed by atoms with Gasteiger partial charge in [-0.05, 0) is 66.9 Å². The molecule has 6 heteroatoms. The second kappa shape index (κ2) is 11.2. The minimum atomic E-state index is -1.95. The molecule has 34 heavy (non-hydrogen) atoms. The number of fused-ring (bicyclic) bond motifs is 1. The smallest absolute Gasteiger partial charge is 0.200 e. The first-order chi connectivity index (χ1) is 15.7. The van der Waals surface area contributed by atoms with Gasteiger partial charge in [0.05, 0.1) is 19.1 Å². The van der Waals surface area contributed by atoms with E-state index in [2.05, 4.69) is 122 Å². The van der Waals surface area contributed by atoms with E-state index >= 15 is 0 Å². The predicted octanol–water partition coefficient (Wildman–Crippen LogP) is 10.1. The standard InChI is InChI=1S/C28H50BrNO2Si2/c1-18(2)33(19(3)4,20(5)6)30-16-25(29)28-26(30)14-24(15-27(28)31-13)17-32-34(21(7)8,22(9)10)23(11)12/h14-16,18-23H,17H2,1-13H3. The molecule has 1 heterocycles. The Morgan fingerprint density at radius 1 is 0.765 bits per heavy atom. The molecule has 0 unspecified atom stereocenters. The van der Waals surface area contributed by atoms with Crippen molar-refractivity contribution in [1.82, 2.24) is 4.23 Å². The van der Waals surface area contributed by atoms with Crippen LogP contribution in [0.5, 0.6) is 5.75 Å². The first-order valence-corrected chi connectivity index (χ1v) is 18.3. The normalized spacial score (nSPS) is 13.6. The van der Waals surface area contributed by atoms with Crippen LogP contribution in [0.2, 0.25) is 33.2 Å². The SMILES string of the molecule is COc1cc(CO[Si](C(C)C)(C(C)C)C(C)C)cc2c1c(Br)cn2[Si](C(C)C)(C(C)C)C(C)C. The predicted molar refractivity (Wildman–Crippen MR) is 158 cm³/mol. The van der Waals surface area contributed by atoms with E-state index in [-0.39, 0.29) is 0 Å². The Morgan fingerprint density at radius 2 is 1.24 bits per heavy atom. The number of nitrogens with zero attached hydrogens (tertiary/aromatic N) is 1. The van der Waals surface area contributed by atoms with E-state index in [4.69, 9.17) is 9.16 Å². The first-order valence-electron chi connectivity index (χ1n) is 13.2. The van der Waals surface area contributed by atoms with Gasteiger partial charge in [-0.3, -0.25) is 0 Å². The van der Waals surface area contributed by atoms with Crippen molar-refractivity contribution in [2.45, 2.75) is 123 Å². The molecule has 0 N–H and O–H groups in total. The lowest BCUT2D eigenvalue weighted by atomic mass is 10.1. The molecule has 0 amide bonds. The van der Waals surface area contributed by atoms with Crippen LogP contribution in [0.25, 0.3) is 10.9 Å². The molecule has 0 aliphatic heterocycles. The van der Waals surface area contributed by atoms with E-state index in [0.717, 1.165) is 10.2 Å². The number of halogens is 1. The summed E-state index contributed by atoms with van der Waals surface area (Å²) in [7, 11) is -2.08. The molecule has 3 nitrogen and oxygen atoms in total. The van der Waals surface area contributed by atoms with Crippen LogP contribution in [0.3, 0.4) is 0 Å². The Bertz CT molecular complexity index is 919. The van der Waals surface area contributed by atoms with Gasteiger partial charge in [0.2, 0.25) is 8.32 Å². The van der Waals surface area contributed by atoms with Gasteiger partial charge in [-0.25, -0.2) is 0 Å². The van der Waals surface area contributed by atoms with E-state index in [1.54, 1.807) is 7.11 Å². The Hall–Kier alpha value is -0.566. The minimum absolute atomic E-state index is 0.569. The highest BCUT2D eigenvalue weighted by atomic mass is 79.9. The van der Waals surface area contributed by atoms with E-state index in [1.165, 1.54) is 16.5 Å². The lowest BCUT2D eigenvalue weighted by Gasteiger charge is -2.44. The molecule has 0 saturated carbocycles. The molecular formula is C28H50BrNO2Si2. The third kappa shape index (κ3) is 4.86. The van der Waals surface area contributed by atoms with Crippen LogP contribution < -0.4 is 4.74 Å². The van der Waals surface area contributed by atoms with Crippen LogP contribution >= 0.6 is 15.9 Å². The highest BCUT2D eigenvalue weighted by molar-refractivity contribution is 9.10. The molecule has 194 valence electrons. The summed E-state index contributed by atoms with van der Waals surface area (Å²) in [5, 5.41) is 1.19. The van der Waals surface area contributed by atoms with Crippen molar-refractivity contribution in [3.05, 3.63) is 28.4 Å². The van der Waals surface area contributed by atoms with Crippen LogP contribution in [0.4, 0.5) is 0 Å². The fourth-order valence-corrected chi connectivity index (χ4v) is 20.3. The molecule has 0 aliphatic rings. The molecule has 0 bridgehead atoms. The molecule has 0 radical (unpaired) electrons. The molecule has 0 spiro atoms. The summed E-state index contributed by atoms with van der Waals surface area (Å²) in [4.78, 5) is 0. The van der Waals surface area contributed by atoms with Gasteiger partial charge in [-0.1, -0.05) is 83.1 Å². The third-order valence-electron chi connectivity index (χ3n) is 8.49. The van der Waals surface area contributed by atoms with E-state index < -0.39 is 16.6 Å². The maximum atomic E-state index is 7.00. The van der Waals surface area contributed by atoms with Crippen molar-refractivity contribution in [2.24, 2.45) is 0 Å². The number of rotatable bonds is 11. The first kappa shape index (κ1) is 29.7. The van der Waals surface area contributed by atoms with Crippen molar-refractivity contribution in [1.29, 1.82) is 0 Å². The summed E-state index contributed by atoms with van der Waals surface area (Å²) in [6.07, 6.45) is 2.35. The molecule has 1 aromatic carbocycles. The highest BCUT2D eigenvalue weighted by Crippen LogP contribution is 2.48. The summed E-state index contributed by atoms with van der Waals surface area (Å²) in [5.41, 5.74) is 6.06. The fraction of sp³-hybridized carbons (Fsp3) is 0.714. The highest BCUT2D eigenvalue weighted by Gasteiger charge is 2.47. The summed E-state index contributed by atoms with van der Waals surface area (Å²) in [6, 6.07) is 4.58. The molecular weight excluding hydrogens is 518 g/mol. The van der Waals surface area contributed by atoms with E-state index in [1.807, 2.05) is 0 Å². The zero-order chi connectivity index (χ0) is 26.2. The van der Waals surface area contributed by atoms with E-state index in [0.29, 0.717) is 39.9 Å². The number of methoxy groups -OCH3 is 1. The number of aromatic nitrogens is 1. The van der Waals surface area contributed by atoms with Crippen molar-refractivity contribution >= 4 is 43.4 Å². The minimum Gasteiger partial charge on any atom is -0.496 e. The van der Waals surface area contributed by atoms with Gasteiger partial charge < -0.3 is 13.4 Å². The van der Waals surface area contributed by atoms with Crippen molar-refractivity contribution < 1.29 is 9.16 Å². The van der Waals surface area contributed by atoms with Gasteiger partial charge in [-0.15, -0.1) is 0 Å². The average molecular weight is 569 g/mol. The van der Waals surface area contributed by atoms with Gasteiger partial charge in [0.1, 0.15) is 5.75 Å². The van der Waals surface area contributed by atoms with Crippen molar-refractivity contribution in [3.8, 4) is 5.75 Å². The Labute approximate surface area is 220 Å². The quantitative estimate of drug-likeness (QED) is 0.252. The molecule has 2 rings (SSSR count). The van der Waals surface area contributed by atoms with Crippen LogP contribution in [-0.4, -0.2) is 27.9 Å². The fourth-order valence-electron chi connectivity index (χ4n) is 7.44. The van der Waals surface area contributed by atoms with Crippen LogP contribution in [-0.2, 0) is 11.0 Å². The monoisotopic (exact) mass is 567 g/mol. The number of ether oxygens (including phenoxy) is 1. The summed E-state index contributed by atoms with van der Waals surface area (Å²) in [5.74, 6) is 0.937. The molecule has 0 fully saturated rings. The summed E-state index contributed by atoms with van der Waals surface area (Å²) >= 11 is 3.90. The third-order valence-corrected chi connectivity index (χ3v) is 21.9. The van der Waals surface area contributed by atoms with Gasteiger partial charge in [0, 0.05) is 16.2 Å². The zero-order valence-corrected chi connectivity index (χ0v) is 27.6. The molecule has 0 saturated heterocycles. The second-order valence-electron chi connectivity index (χ2n) is 12.0. The van der Waals surface area contributed by atoms with Gasteiger partial charge >= 0.3 is 0 Å². The van der Waals surface area contributed by atoms with Crippen molar-refractivity contribution in [3.63, 3.8) is 0 Å². The maximum absolute atomic E-state index is 7.00. The largest absolute Gasteiger partial charge is 0.496 e. The van der Waals surface area contributed by atoms with Gasteiger partial charge in [0.25, 0.3) is 0 Å². The Balaban J connectivity index is 2.75. The number of hydrogen-bond donors (Lipinski definition) is 0. The maximum Gasteiger partial charge on any atom is 0.200 e. The Morgan fingerprint density at radius 3 is 1.62 bits per heavy atom. The summed E-state index contributed by atoms with van der Waals surface area (Å²) in [6.45, 7) is 29.3. The molecule has 2 aromatic rings. The molecule has 0 aliphatic carbocycles. The lowest BCUT2D eigenvalue weighted by molar-refractivity contribution is 0.265. The summed E-state index contributed by atoms with van der Waals surface area (Å²) < 4.78 is 16.8. The second-order valence-corrected chi connectivity index (χ2v) is 24.0. The topological polar surface area (TPSA) is 23.4 Å². The van der Waals surface area contributed by atoms with Crippen LogP contribution in [0, 0.1) is 0 Å². The lowest BCUT2D eigenvalue weighted by Crippen LogP contribution is -2.51. The number of hydrogen-bond acceptors (Lipinski definition) is 2. The Kier molecular flexibility index (Phi) is 9.79. The van der Waals surface area contributed by atoms with Crippen LogP contribution in [0.15, 0.2) is 22.8 Å². The van der Waals surface area contributed by atoms with Crippen molar-refractivity contribution in [2.75, 3.05) is 7.11 Å². The number of benzene rings is 1. The van der Waals surface area contributed by atoms with Gasteiger partial charge in [-0.2, -0.15) is 0 Å². The average Bonchev–Trinajstić information content (AvgIpc) is 3.03. The molecule has 1 aromatic heterocycles. The molecule has 0 atom stereocenters. The van der Waals surface area contributed by atoms with Crippen LogP contribution in [0.1, 0.15) is 88.6 Å². The van der Waals surface area contributed by atoms with E-state index in [9.17, 15) is 0 Å². The zero-order valence-electron chi connectivity index (χ0n) is 24.0. The van der Waals surface area contributed by atoms with Gasteiger partial charge in [0.15, 0.2) is 8.24 Å².